The second-order valence-corrected chi connectivity index (χ2v) is 4.81. The van der Waals surface area contributed by atoms with E-state index < -0.39 is 0 Å². The van der Waals surface area contributed by atoms with Gasteiger partial charge in [-0.2, -0.15) is 0 Å². The number of thiophene rings is 1. The van der Waals surface area contributed by atoms with Gasteiger partial charge in [0.05, 0.1) is 0 Å². The van der Waals surface area contributed by atoms with Gasteiger partial charge in [0.1, 0.15) is 0 Å². The molecule has 0 spiro atoms. The molecule has 2 N–H and O–H groups in total. The standard InChI is InChI=1S/C9H14BrNS/c1-3-7(11)9-5-6(10)8(4-2)12-9/h5,7H,3-4,11H2,1-2H3/t7-/m1/s1. The van der Waals surface area contributed by atoms with Crippen LogP contribution < -0.4 is 5.73 Å². The molecule has 68 valence electrons. The molecule has 12 heavy (non-hydrogen) atoms. The minimum atomic E-state index is 0.214. The third kappa shape index (κ3) is 2.09. The van der Waals surface area contributed by atoms with Crippen molar-refractivity contribution in [1.82, 2.24) is 0 Å². The minimum Gasteiger partial charge on any atom is -0.323 e. The Hall–Kier alpha value is 0.140. The van der Waals surface area contributed by atoms with E-state index >= 15 is 0 Å². The molecule has 0 aliphatic heterocycles. The Bertz CT molecular complexity index is 257. The molecule has 0 aliphatic carbocycles. The molecule has 0 amide bonds. The third-order valence-corrected chi connectivity index (χ3v) is 4.28. The van der Waals surface area contributed by atoms with Crippen molar-refractivity contribution < 1.29 is 0 Å². The first-order valence-corrected chi connectivity index (χ1v) is 5.83. The summed E-state index contributed by atoms with van der Waals surface area (Å²) in [7, 11) is 0. The molecule has 0 saturated heterocycles. The normalized spacial score (nSPS) is 13.3. The maximum absolute atomic E-state index is 5.92. The van der Waals surface area contributed by atoms with Gasteiger partial charge in [-0.1, -0.05) is 13.8 Å². The number of halogens is 1. The average Bonchev–Trinajstić information content (AvgIpc) is 2.45. The number of hydrogen-bond donors (Lipinski definition) is 1. The lowest BCUT2D eigenvalue weighted by atomic mass is 10.2. The lowest BCUT2D eigenvalue weighted by Crippen LogP contribution is -2.05. The molecule has 1 nitrogen and oxygen atoms in total. The zero-order valence-corrected chi connectivity index (χ0v) is 9.83. The van der Waals surface area contributed by atoms with Gasteiger partial charge in [-0.3, -0.25) is 0 Å². The van der Waals surface area contributed by atoms with Gasteiger partial charge in [-0.05, 0) is 34.8 Å². The molecule has 1 aromatic heterocycles. The Balaban J connectivity index is 2.88. The average molecular weight is 248 g/mol. The summed E-state index contributed by atoms with van der Waals surface area (Å²) in [5.41, 5.74) is 5.92. The highest BCUT2D eigenvalue weighted by Gasteiger charge is 2.09. The van der Waals surface area contributed by atoms with Crippen molar-refractivity contribution in [3.05, 3.63) is 20.3 Å². The first kappa shape index (κ1) is 10.2. The van der Waals surface area contributed by atoms with Crippen molar-refractivity contribution in [2.45, 2.75) is 32.7 Å². The summed E-state index contributed by atoms with van der Waals surface area (Å²) in [4.78, 5) is 2.69. The third-order valence-electron chi connectivity index (χ3n) is 1.90. The van der Waals surface area contributed by atoms with E-state index in [0.717, 1.165) is 12.8 Å². The maximum Gasteiger partial charge on any atom is 0.0387 e. The fourth-order valence-corrected chi connectivity index (χ4v) is 3.05. The molecule has 0 fully saturated rings. The number of aryl methyl sites for hydroxylation is 1. The molecule has 0 radical (unpaired) electrons. The van der Waals surface area contributed by atoms with Gasteiger partial charge in [-0.15, -0.1) is 11.3 Å². The molecule has 1 atom stereocenters. The van der Waals surface area contributed by atoms with Crippen molar-refractivity contribution in [1.29, 1.82) is 0 Å². The SMILES string of the molecule is CCc1sc([C@H](N)CC)cc1Br. The Morgan fingerprint density at radius 1 is 1.58 bits per heavy atom. The van der Waals surface area contributed by atoms with E-state index in [-0.39, 0.29) is 6.04 Å². The highest BCUT2D eigenvalue weighted by Crippen LogP contribution is 2.31. The molecule has 1 aromatic rings. The molecular formula is C9H14BrNS. The summed E-state index contributed by atoms with van der Waals surface area (Å²) in [6, 6.07) is 2.36. The quantitative estimate of drug-likeness (QED) is 0.870. The van der Waals surface area contributed by atoms with Crippen LogP contribution in [-0.4, -0.2) is 0 Å². The van der Waals surface area contributed by atoms with Gasteiger partial charge in [0.15, 0.2) is 0 Å². The van der Waals surface area contributed by atoms with Crippen molar-refractivity contribution in [3.63, 3.8) is 0 Å². The van der Waals surface area contributed by atoms with Gasteiger partial charge >= 0.3 is 0 Å². The molecule has 0 saturated carbocycles. The van der Waals surface area contributed by atoms with Crippen LogP contribution in [0.25, 0.3) is 0 Å². The van der Waals surface area contributed by atoms with Gasteiger partial charge in [0.2, 0.25) is 0 Å². The molecule has 0 aromatic carbocycles. The minimum absolute atomic E-state index is 0.214. The van der Waals surface area contributed by atoms with Crippen LogP contribution in [0.4, 0.5) is 0 Å². The lowest BCUT2D eigenvalue weighted by molar-refractivity contribution is 0.712. The van der Waals surface area contributed by atoms with Gasteiger partial charge in [0.25, 0.3) is 0 Å². The van der Waals surface area contributed by atoms with Crippen LogP contribution >= 0.6 is 27.3 Å². The highest BCUT2D eigenvalue weighted by atomic mass is 79.9. The Kier molecular flexibility index (Phi) is 3.75. The van der Waals surface area contributed by atoms with Gasteiger partial charge < -0.3 is 5.73 Å². The van der Waals surface area contributed by atoms with Crippen molar-refractivity contribution in [3.8, 4) is 0 Å². The predicted octanol–water partition coefficient (Wildman–Crippen LogP) is 3.48. The largest absolute Gasteiger partial charge is 0.323 e. The maximum atomic E-state index is 5.92. The second kappa shape index (κ2) is 4.40. The summed E-state index contributed by atoms with van der Waals surface area (Å²) in [6.45, 7) is 4.28. The second-order valence-electron chi connectivity index (χ2n) is 2.79. The van der Waals surface area contributed by atoms with E-state index in [0.29, 0.717) is 0 Å². The van der Waals surface area contributed by atoms with Gasteiger partial charge in [-0.25, -0.2) is 0 Å². The van der Waals surface area contributed by atoms with Crippen molar-refractivity contribution >= 4 is 27.3 Å². The molecule has 0 aliphatic rings. The fraction of sp³-hybridized carbons (Fsp3) is 0.556. The molecule has 1 heterocycles. The van der Waals surface area contributed by atoms with Crippen LogP contribution in [-0.2, 0) is 6.42 Å². The van der Waals surface area contributed by atoms with Crippen LogP contribution in [0.15, 0.2) is 10.5 Å². The van der Waals surface area contributed by atoms with E-state index in [1.165, 1.54) is 14.2 Å². The molecular weight excluding hydrogens is 234 g/mol. The van der Waals surface area contributed by atoms with Crippen molar-refractivity contribution in [2.24, 2.45) is 5.73 Å². The Morgan fingerprint density at radius 2 is 2.25 bits per heavy atom. The molecule has 0 unspecified atom stereocenters. The summed E-state index contributed by atoms with van der Waals surface area (Å²) >= 11 is 5.35. The van der Waals surface area contributed by atoms with E-state index in [1.807, 2.05) is 11.3 Å². The Morgan fingerprint density at radius 3 is 2.67 bits per heavy atom. The molecule has 1 rings (SSSR count). The Labute approximate surface area is 86.1 Å². The number of nitrogens with two attached hydrogens (primary N) is 1. The van der Waals surface area contributed by atoms with Crippen LogP contribution in [0, 0.1) is 0 Å². The number of rotatable bonds is 3. The van der Waals surface area contributed by atoms with Gasteiger partial charge in [0, 0.05) is 20.3 Å². The van der Waals surface area contributed by atoms with Crippen LogP contribution in [0.3, 0.4) is 0 Å². The summed E-state index contributed by atoms with van der Waals surface area (Å²) < 4.78 is 1.22. The molecule has 3 heteroatoms. The van der Waals surface area contributed by atoms with E-state index in [1.54, 1.807) is 0 Å². The highest BCUT2D eigenvalue weighted by molar-refractivity contribution is 9.10. The summed E-state index contributed by atoms with van der Waals surface area (Å²) in [5, 5.41) is 0. The smallest absolute Gasteiger partial charge is 0.0387 e. The zero-order chi connectivity index (χ0) is 9.14. The van der Waals surface area contributed by atoms with Crippen LogP contribution in [0.5, 0.6) is 0 Å². The zero-order valence-electron chi connectivity index (χ0n) is 7.43. The predicted molar refractivity (Wildman–Crippen MR) is 58.6 cm³/mol. The first-order valence-electron chi connectivity index (χ1n) is 4.22. The topological polar surface area (TPSA) is 26.0 Å². The summed E-state index contributed by atoms with van der Waals surface area (Å²) in [6.07, 6.45) is 2.10. The molecule has 0 bridgehead atoms. The first-order chi connectivity index (χ1) is 5.69. The van der Waals surface area contributed by atoms with E-state index in [2.05, 4.69) is 35.8 Å². The number of hydrogen-bond acceptors (Lipinski definition) is 2. The van der Waals surface area contributed by atoms with E-state index in [4.69, 9.17) is 5.73 Å². The van der Waals surface area contributed by atoms with Crippen LogP contribution in [0.2, 0.25) is 0 Å². The lowest BCUT2D eigenvalue weighted by Gasteiger charge is -2.03. The monoisotopic (exact) mass is 247 g/mol. The van der Waals surface area contributed by atoms with Crippen molar-refractivity contribution in [2.75, 3.05) is 0 Å². The summed E-state index contributed by atoms with van der Waals surface area (Å²) in [5.74, 6) is 0. The fourth-order valence-electron chi connectivity index (χ4n) is 1.05. The van der Waals surface area contributed by atoms with E-state index in [9.17, 15) is 0 Å². The van der Waals surface area contributed by atoms with Crippen LogP contribution in [0.1, 0.15) is 36.1 Å².